The first-order valence-corrected chi connectivity index (χ1v) is 11.4. The molecule has 9 heteroatoms. The van der Waals surface area contributed by atoms with Crippen LogP contribution >= 0.6 is 11.3 Å². The minimum atomic E-state index is -0.442. The van der Waals surface area contributed by atoms with Crippen LogP contribution in [0.15, 0.2) is 30.6 Å². The van der Waals surface area contributed by atoms with E-state index in [2.05, 4.69) is 34.0 Å². The van der Waals surface area contributed by atoms with Crippen LogP contribution in [0.25, 0.3) is 10.2 Å². The quantitative estimate of drug-likeness (QED) is 0.631. The van der Waals surface area contributed by atoms with E-state index in [1.807, 2.05) is 0 Å². The first kappa shape index (κ1) is 22.0. The number of carbonyl (C=O) groups excluding carboxylic acids is 2. The van der Waals surface area contributed by atoms with Gasteiger partial charge < -0.3 is 15.0 Å². The van der Waals surface area contributed by atoms with Crippen molar-refractivity contribution in [3.8, 4) is 0 Å². The summed E-state index contributed by atoms with van der Waals surface area (Å²) in [7, 11) is 2.98. The highest BCUT2D eigenvalue weighted by Crippen LogP contribution is 2.35. The van der Waals surface area contributed by atoms with Gasteiger partial charge >= 0.3 is 6.09 Å². The van der Waals surface area contributed by atoms with Crippen molar-refractivity contribution in [3.05, 3.63) is 41.0 Å². The van der Waals surface area contributed by atoms with Gasteiger partial charge in [-0.1, -0.05) is 0 Å². The third kappa shape index (κ3) is 4.25. The molecule has 8 nitrogen and oxygen atoms in total. The molecule has 0 radical (unpaired) electrons. The minimum Gasteiger partial charge on any atom is -0.452 e. The van der Waals surface area contributed by atoms with Crippen LogP contribution in [0.4, 0.5) is 22.0 Å². The van der Waals surface area contributed by atoms with Crippen LogP contribution < -0.4 is 15.1 Å². The van der Waals surface area contributed by atoms with E-state index in [1.54, 1.807) is 49.0 Å². The molecule has 0 unspecified atom stereocenters. The van der Waals surface area contributed by atoms with Crippen molar-refractivity contribution in [2.75, 3.05) is 42.4 Å². The van der Waals surface area contributed by atoms with Gasteiger partial charge in [0.1, 0.15) is 17.0 Å². The molecule has 3 heterocycles. The van der Waals surface area contributed by atoms with Gasteiger partial charge in [-0.3, -0.25) is 9.69 Å². The van der Waals surface area contributed by atoms with Gasteiger partial charge in [0, 0.05) is 42.3 Å². The Balaban J connectivity index is 1.38. The molecule has 32 heavy (non-hydrogen) atoms. The molecule has 0 saturated carbocycles. The van der Waals surface area contributed by atoms with Crippen molar-refractivity contribution >= 4 is 50.7 Å². The lowest BCUT2D eigenvalue weighted by Gasteiger charge is -2.32. The summed E-state index contributed by atoms with van der Waals surface area (Å²) in [5.41, 5.74) is 2.64. The smallest absolute Gasteiger partial charge is 0.413 e. The molecular formula is C23H27N5O3S. The molecule has 0 aliphatic carbocycles. The molecule has 3 aromatic rings. The number of nitrogens with zero attached hydrogens (tertiary/aromatic N) is 4. The fourth-order valence-electron chi connectivity index (χ4n) is 4.01. The molecule has 1 N–H and O–H groups in total. The summed E-state index contributed by atoms with van der Waals surface area (Å²) in [6.07, 6.45) is 2.72. The SMILES string of the molecule is COC(=O)N(C)c1ccc(NC(=O)C2CCN(c3ncnc4sc(C)c(C)c34)CC2)cc1. The lowest BCUT2D eigenvalue weighted by atomic mass is 9.95. The number of ether oxygens (including phenoxy) is 1. The Bertz CT molecular complexity index is 1140. The van der Waals surface area contributed by atoms with Crippen molar-refractivity contribution in [1.82, 2.24) is 9.97 Å². The number of aromatic nitrogens is 2. The molecule has 2 aromatic heterocycles. The van der Waals surface area contributed by atoms with Crippen LogP contribution in [0, 0.1) is 19.8 Å². The zero-order valence-electron chi connectivity index (χ0n) is 18.7. The average Bonchev–Trinajstić information content (AvgIpc) is 3.12. The van der Waals surface area contributed by atoms with Crippen molar-refractivity contribution in [2.45, 2.75) is 26.7 Å². The normalized spacial score (nSPS) is 14.4. The third-order valence-electron chi connectivity index (χ3n) is 6.08. The number of anilines is 3. The molecule has 1 saturated heterocycles. The number of piperidine rings is 1. The molecule has 0 atom stereocenters. The van der Waals surface area contributed by atoms with Crippen LogP contribution in [0.2, 0.25) is 0 Å². The van der Waals surface area contributed by atoms with Crippen molar-refractivity contribution < 1.29 is 14.3 Å². The van der Waals surface area contributed by atoms with E-state index in [0.29, 0.717) is 11.4 Å². The number of thiophene rings is 1. The molecule has 2 amide bonds. The zero-order chi connectivity index (χ0) is 22.8. The van der Waals surface area contributed by atoms with Crippen LogP contribution in [-0.4, -0.2) is 49.2 Å². The number of fused-ring (bicyclic) bond motifs is 1. The molecule has 1 fully saturated rings. The van der Waals surface area contributed by atoms with Crippen molar-refractivity contribution in [2.24, 2.45) is 5.92 Å². The molecule has 1 aromatic carbocycles. The van der Waals surface area contributed by atoms with Gasteiger partial charge in [-0.05, 0) is 56.5 Å². The number of aryl methyl sites for hydroxylation is 2. The maximum absolute atomic E-state index is 12.8. The van der Waals surface area contributed by atoms with Crippen molar-refractivity contribution in [3.63, 3.8) is 0 Å². The van der Waals surface area contributed by atoms with Gasteiger partial charge in [0.15, 0.2) is 0 Å². The van der Waals surface area contributed by atoms with Gasteiger partial charge in [0.25, 0.3) is 0 Å². The number of rotatable bonds is 4. The molecule has 0 spiro atoms. The Morgan fingerprint density at radius 2 is 1.84 bits per heavy atom. The number of benzene rings is 1. The molecule has 0 bridgehead atoms. The van der Waals surface area contributed by atoms with E-state index < -0.39 is 6.09 Å². The molecule has 1 aliphatic heterocycles. The first-order valence-electron chi connectivity index (χ1n) is 10.6. The lowest BCUT2D eigenvalue weighted by molar-refractivity contribution is -0.120. The van der Waals surface area contributed by atoms with Crippen LogP contribution in [0.3, 0.4) is 0 Å². The number of hydrogen-bond donors (Lipinski definition) is 1. The summed E-state index contributed by atoms with van der Waals surface area (Å²) >= 11 is 1.70. The fourth-order valence-corrected chi connectivity index (χ4v) is 5.00. The Kier molecular flexibility index (Phi) is 6.27. The Morgan fingerprint density at radius 1 is 1.16 bits per heavy atom. The molecular weight excluding hydrogens is 426 g/mol. The third-order valence-corrected chi connectivity index (χ3v) is 7.20. The Labute approximate surface area is 191 Å². The van der Waals surface area contributed by atoms with E-state index >= 15 is 0 Å². The van der Waals surface area contributed by atoms with Crippen molar-refractivity contribution in [1.29, 1.82) is 0 Å². The Hall–Kier alpha value is -3.20. The summed E-state index contributed by atoms with van der Waals surface area (Å²) in [5, 5.41) is 4.14. The van der Waals surface area contributed by atoms with E-state index in [0.717, 1.165) is 42.0 Å². The number of methoxy groups -OCH3 is 1. The van der Waals surface area contributed by atoms with E-state index in [9.17, 15) is 9.59 Å². The highest BCUT2D eigenvalue weighted by molar-refractivity contribution is 7.18. The highest BCUT2D eigenvalue weighted by Gasteiger charge is 2.27. The van der Waals surface area contributed by atoms with E-state index in [1.165, 1.54) is 22.5 Å². The second-order valence-electron chi connectivity index (χ2n) is 7.99. The molecule has 1 aliphatic rings. The van der Waals surface area contributed by atoms with Crippen LogP contribution in [-0.2, 0) is 9.53 Å². The number of hydrogen-bond acceptors (Lipinski definition) is 7. The summed E-state index contributed by atoms with van der Waals surface area (Å²) < 4.78 is 4.72. The van der Waals surface area contributed by atoms with Gasteiger partial charge in [0.2, 0.25) is 5.91 Å². The molecule has 4 rings (SSSR count). The number of nitrogens with one attached hydrogen (secondary N) is 1. The van der Waals surface area contributed by atoms with Crippen LogP contribution in [0.1, 0.15) is 23.3 Å². The maximum atomic E-state index is 12.8. The Morgan fingerprint density at radius 3 is 2.50 bits per heavy atom. The monoisotopic (exact) mass is 453 g/mol. The summed E-state index contributed by atoms with van der Waals surface area (Å²) in [5.74, 6) is 0.946. The maximum Gasteiger partial charge on any atom is 0.413 e. The lowest BCUT2D eigenvalue weighted by Crippen LogP contribution is -2.38. The number of amides is 2. The topological polar surface area (TPSA) is 87.7 Å². The summed E-state index contributed by atoms with van der Waals surface area (Å²) in [6.45, 7) is 5.79. The predicted octanol–water partition coefficient (Wildman–Crippen LogP) is 4.37. The number of carbonyl (C=O) groups is 2. The van der Waals surface area contributed by atoms with Gasteiger partial charge in [0.05, 0.1) is 12.5 Å². The van der Waals surface area contributed by atoms with Gasteiger partial charge in [-0.15, -0.1) is 11.3 Å². The van der Waals surface area contributed by atoms with E-state index in [4.69, 9.17) is 4.74 Å². The largest absolute Gasteiger partial charge is 0.452 e. The second kappa shape index (κ2) is 9.12. The molecule has 168 valence electrons. The van der Waals surface area contributed by atoms with E-state index in [-0.39, 0.29) is 11.8 Å². The summed E-state index contributed by atoms with van der Waals surface area (Å²) in [4.78, 5) is 39.4. The fraction of sp³-hybridized carbons (Fsp3) is 0.391. The highest BCUT2D eigenvalue weighted by atomic mass is 32.1. The average molecular weight is 454 g/mol. The second-order valence-corrected chi connectivity index (χ2v) is 9.19. The zero-order valence-corrected chi connectivity index (χ0v) is 19.5. The summed E-state index contributed by atoms with van der Waals surface area (Å²) in [6, 6.07) is 7.14. The van der Waals surface area contributed by atoms with Crippen LogP contribution in [0.5, 0.6) is 0 Å². The van der Waals surface area contributed by atoms with Gasteiger partial charge in [-0.25, -0.2) is 14.8 Å². The predicted molar refractivity (Wildman–Crippen MR) is 128 cm³/mol. The first-order chi connectivity index (χ1) is 15.4. The minimum absolute atomic E-state index is 0.0223. The standard InChI is InChI=1S/C23H27N5O3S/c1-14-15(2)32-22-19(14)20(24-13-25-22)28-11-9-16(10-12-28)21(29)26-17-5-7-18(8-6-17)27(3)23(30)31-4/h5-8,13,16H,9-12H2,1-4H3,(H,26,29). The van der Waals surface area contributed by atoms with Gasteiger partial charge in [-0.2, -0.15) is 0 Å².